The molecule has 2 fully saturated rings. The minimum atomic E-state index is -4.61. The summed E-state index contributed by atoms with van der Waals surface area (Å²) in [6, 6.07) is -0.00785. The number of amides is 3. The average molecular weight is 604 g/mol. The molecule has 1 saturated carbocycles. The van der Waals surface area contributed by atoms with Crippen LogP contribution in [0.1, 0.15) is 66.8 Å². The lowest BCUT2D eigenvalue weighted by Crippen LogP contribution is -2.40. The van der Waals surface area contributed by atoms with E-state index in [0.717, 1.165) is 4.90 Å². The van der Waals surface area contributed by atoms with Crippen LogP contribution in [0.25, 0.3) is 11.1 Å². The van der Waals surface area contributed by atoms with Gasteiger partial charge < -0.3 is 20.0 Å². The summed E-state index contributed by atoms with van der Waals surface area (Å²) in [5.74, 6) is -3.83. The molecule has 1 aliphatic heterocycles. The summed E-state index contributed by atoms with van der Waals surface area (Å²) in [5, 5.41) is 8.76. The Labute approximate surface area is 235 Å². The smallest absolute Gasteiger partial charge is 0.410 e. The Bertz CT molecular complexity index is 1420. The first-order chi connectivity index (χ1) is 19.4. The Balaban J connectivity index is 1.44. The monoisotopic (exact) mass is 603 g/mol. The molecule has 2 aromatic heterocycles. The van der Waals surface area contributed by atoms with Crippen LogP contribution in [0.4, 0.5) is 26.7 Å². The Hall–Kier alpha value is -3.49. The molecule has 41 heavy (non-hydrogen) atoms. The van der Waals surface area contributed by atoms with Crippen molar-refractivity contribution in [2.24, 2.45) is 5.92 Å². The van der Waals surface area contributed by atoms with Crippen molar-refractivity contribution >= 4 is 34.6 Å². The molecule has 0 radical (unpaired) electrons. The second-order valence-electron chi connectivity index (χ2n) is 10.2. The highest BCUT2D eigenvalue weighted by Crippen LogP contribution is 2.42. The van der Waals surface area contributed by atoms with E-state index in [1.807, 2.05) is 5.32 Å². The van der Waals surface area contributed by atoms with Crippen molar-refractivity contribution in [1.82, 2.24) is 35.3 Å². The van der Waals surface area contributed by atoms with Crippen molar-refractivity contribution in [1.29, 1.82) is 0 Å². The number of urea groups is 1. The number of fused-ring (bicyclic) bond motifs is 1. The molecule has 0 spiro atoms. The summed E-state index contributed by atoms with van der Waals surface area (Å²) in [5.41, 5.74) is 1.03. The lowest BCUT2D eigenvalue weighted by Gasteiger charge is -2.32. The lowest BCUT2D eigenvalue weighted by atomic mass is 9.82. The van der Waals surface area contributed by atoms with Crippen LogP contribution < -0.4 is 10.6 Å². The third-order valence-electron chi connectivity index (χ3n) is 7.57. The lowest BCUT2D eigenvalue weighted by molar-refractivity contribution is -0.150. The number of rotatable bonds is 8. The third-order valence-corrected chi connectivity index (χ3v) is 7.86. The van der Waals surface area contributed by atoms with E-state index in [9.17, 15) is 31.5 Å². The highest BCUT2D eigenvalue weighted by Gasteiger charge is 2.48. The maximum absolute atomic E-state index is 13.9. The highest BCUT2D eigenvalue weighted by molar-refractivity contribution is 6.18. The van der Waals surface area contributed by atoms with E-state index in [0.29, 0.717) is 23.2 Å². The van der Waals surface area contributed by atoms with Gasteiger partial charge in [-0.15, -0.1) is 11.6 Å². The average Bonchev–Trinajstić information content (AvgIpc) is 3.66. The van der Waals surface area contributed by atoms with Gasteiger partial charge in [-0.25, -0.2) is 28.2 Å². The topological polar surface area (TPSA) is 118 Å². The zero-order chi connectivity index (χ0) is 29.5. The van der Waals surface area contributed by atoms with Crippen LogP contribution in [-0.4, -0.2) is 67.2 Å². The van der Waals surface area contributed by atoms with Crippen LogP contribution in [0.5, 0.6) is 0 Å². The molecular weight excluding hydrogens is 577 g/mol. The zero-order valence-electron chi connectivity index (χ0n) is 21.8. The van der Waals surface area contributed by atoms with Gasteiger partial charge >= 0.3 is 12.2 Å². The summed E-state index contributed by atoms with van der Waals surface area (Å²) < 4.78 is 74.8. The molecule has 16 heteroatoms. The molecule has 0 unspecified atom stereocenters. The SMILES string of the molecule is CCn1ncnc1C(=O)N[C@H](c1nc2cc([C@@H](CCl)N3C[C@@H](C(F)(F)F)NC3=O)ccc2o1)C1CCC(F)(F)CC1. The van der Waals surface area contributed by atoms with Crippen LogP contribution in [0.15, 0.2) is 28.9 Å². The standard InChI is InChI=1S/C25H27ClF5N7O3/c1-2-38-20(32-12-33-38)21(39)36-19(13-5-7-24(27,28)8-6-13)22-34-15-9-14(3-4-17(15)41-22)16(10-26)37-11-18(25(29,30)31)35-23(37)40/h3-4,9,12-13,16,18-19H,2,5-8,10-11H2,1H3,(H,35,40)(H,36,39)/t16-,18+,19+/m1/s1. The van der Waals surface area contributed by atoms with Crippen molar-refractivity contribution in [3.05, 3.63) is 41.8 Å². The number of nitrogens with zero attached hydrogens (tertiary/aromatic N) is 5. The first-order valence-corrected chi connectivity index (χ1v) is 13.6. The van der Waals surface area contributed by atoms with Gasteiger partial charge in [0.25, 0.3) is 5.91 Å². The van der Waals surface area contributed by atoms with Gasteiger partial charge in [-0.2, -0.15) is 18.3 Å². The Morgan fingerprint density at radius 3 is 2.66 bits per heavy atom. The van der Waals surface area contributed by atoms with Gasteiger partial charge in [-0.3, -0.25) is 4.79 Å². The molecule has 1 aliphatic carbocycles. The second-order valence-corrected chi connectivity index (χ2v) is 10.5. The normalized spacial score (nSPS) is 21.2. The van der Waals surface area contributed by atoms with Gasteiger partial charge in [-0.05, 0) is 43.4 Å². The molecule has 5 rings (SSSR count). The largest absolute Gasteiger partial charge is 0.438 e. The number of oxazole rings is 1. The summed E-state index contributed by atoms with van der Waals surface area (Å²) in [6.07, 6.45) is -3.86. The molecule has 3 aromatic rings. The molecule has 1 saturated heterocycles. The van der Waals surface area contributed by atoms with E-state index in [-0.39, 0.29) is 43.3 Å². The van der Waals surface area contributed by atoms with Gasteiger partial charge in [0.15, 0.2) is 5.58 Å². The van der Waals surface area contributed by atoms with E-state index in [1.165, 1.54) is 17.1 Å². The van der Waals surface area contributed by atoms with E-state index in [2.05, 4.69) is 20.4 Å². The van der Waals surface area contributed by atoms with Gasteiger partial charge in [0.1, 0.15) is 23.9 Å². The van der Waals surface area contributed by atoms with Crippen molar-refractivity contribution in [3.8, 4) is 0 Å². The summed E-state index contributed by atoms with van der Waals surface area (Å²) in [7, 11) is 0. The number of carbonyl (C=O) groups excluding carboxylic acids is 2. The van der Waals surface area contributed by atoms with Crippen LogP contribution >= 0.6 is 11.6 Å². The Morgan fingerprint density at radius 2 is 2.02 bits per heavy atom. The molecule has 1 aromatic carbocycles. The van der Waals surface area contributed by atoms with Crippen LogP contribution in [0, 0.1) is 5.92 Å². The second kappa shape index (κ2) is 11.1. The number of aryl methyl sites for hydroxylation is 1. The van der Waals surface area contributed by atoms with Gasteiger partial charge in [0.05, 0.1) is 12.6 Å². The van der Waals surface area contributed by atoms with Gasteiger partial charge in [0.2, 0.25) is 17.6 Å². The summed E-state index contributed by atoms with van der Waals surface area (Å²) >= 11 is 6.10. The molecule has 3 heterocycles. The Kier molecular flexibility index (Phi) is 7.83. The predicted octanol–water partition coefficient (Wildman–Crippen LogP) is 4.97. The zero-order valence-corrected chi connectivity index (χ0v) is 22.6. The maximum Gasteiger partial charge on any atom is 0.410 e. The minimum Gasteiger partial charge on any atom is -0.438 e. The number of halogens is 6. The molecule has 3 atom stereocenters. The van der Waals surface area contributed by atoms with Crippen LogP contribution in [0.2, 0.25) is 0 Å². The number of aromatic nitrogens is 4. The fourth-order valence-corrected chi connectivity index (χ4v) is 5.67. The van der Waals surface area contributed by atoms with E-state index < -0.39 is 54.6 Å². The van der Waals surface area contributed by atoms with Crippen LogP contribution in [-0.2, 0) is 6.54 Å². The fraction of sp³-hybridized carbons (Fsp3) is 0.560. The molecular formula is C25H27ClF5N7O3. The molecule has 10 nitrogen and oxygen atoms in total. The molecule has 2 N–H and O–H groups in total. The number of hydrogen-bond acceptors (Lipinski definition) is 6. The predicted molar refractivity (Wildman–Crippen MR) is 135 cm³/mol. The minimum absolute atomic E-state index is 0.0445. The summed E-state index contributed by atoms with van der Waals surface area (Å²) in [4.78, 5) is 35.0. The maximum atomic E-state index is 13.9. The van der Waals surface area contributed by atoms with Crippen LogP contribution in [0.3, 0.4) is 0 Å². The van der Waals surface area contributed by atoms with E-state index in [1.54, 1.807) is 19.1 Å². The third kappa shape index (κ3) is 5.95. The summed E-state index contributed by atoms with van der Waals surface area (Å²) in [6.45, 7) is 1.56. The number of alkyl halides is 6. The number of benzene rings is 1. The van der Waals surface area contributed by atoms with Gasteiger partial charge in [0, 0.05) is 25.3 Å². The van der Waals surface area contributed by atoms with Crippen molar-refractivity contribution in [3.63, 3.8) is 0 Å². The number of carbonyl (C=O) groups is 2. The van der Waals surface area contributed by atoms with Crippen molar-refractivity contribution in [2.75, 3.05) is 12.4 Å². The van der Waals surface area contributed by atoms with Crippen molar-refractivity contribution in [2.45, 2.75) is 69.4 Å². The van der Waals surface area contributed by atoms with E-state index >= 15 is 0 Å². The Morgan fingerprint density at radius 1 is 1.29 bits per heavy atom. The number of nitrogens with one attached hydrogen (secondary N) is 2. The molecule has 222 valence electrons. The first kappa shape index (κ1) is 29.0. The fourth-order valence-electron chi connectivity index (χ4n) is 5.32. The first-order valence-electron chi connectivity index (χ1n) is 13.1. The molecule has 0 bridgehead atoms. The molecule has 2 aliphatic rings. The highest BCUT2D eigenvalue weighted by atomic mass is 35.5. The molecule has 3 amide bonds. The van der Waals surface area contributed by atoms with Crippen molar-refractivity contribution < 1.29 is 36.0 Å². The number of hydrogen-bond donors (Lipinski definition) is 2. The quantitative estimate of drug-likeness (QED) is 0.277. The van der Waals surface area contributed by atoms with Gasteiger partial charge in [-0.1, -0.05) is 6.07 Å². The van der Waals surface area contributed by atoms with E-state index in [4.69, 9.17) is 16.0 Å².